The molecule has 1 unspecified atom stereocenters. The molecule has 1 fully saturated rings. The van der Waals surface area contributed by atoms with Crippen LogP contribution in [0.15, 0.2) is 0 Å². The first kappa shape index (κ1) is 25.3. The lowest BCUT2D eigenvalue weighted by atomic mass is 10.0. The average molecular weight is 397 g/mol. The Morgan fingerprint density at radius 3 is 1.71 bits per heavy atom. The largest absolute Gasteiger partial charge is 0.373 e. The summed E-state index contributed by atoms with van der Waals surface area (Å²) in [4.78, 5) is 13.6. The van der Waals surface area contributed by atoms with E-state index in [0.29, 0.717) is 13.0 Å². The quantitative estimate of drug-likeness (QED) is 0.267. The number of aliphatic hydroxyl groups excluding tert-OH is 1. The fraction of sp³-hybridized carbons (Fsp3) is 0.958. The molecule has 0 spiro atoms. The van der Waals surface area contributed by atoms with Crippen molar-refractivity contribution >= 4 is 6.03 Å². The SMILES string of the molecule is CCCCCCCCCCCCCCCCCCNC(=O)N1CCCCC1O. The molecule has 1 heterocycles. The number of amides is 2. The van der Waals surface area contributed by atoms with E-state index in [1.54, 1.807) is 4.90 Å². The number of carbonyl (C=O) groups excluding carboxylic acids is 1. The van der Waals surface area contributed by atoms with Crippen LogP contribution in [0.5, 0.6) is 0 Å². The van der Waals surface area contributed by atoms with Gasteiger partial charge in [-0.1, -0.05) is 103 Å². The van der Waals surface area contributed by atoms with Crippen molar-refractivity contribution < 1.29 is 9.90 Å². The maximum Gasteiger partial charge on any atom is 0.319 e. The summed E-state index contributed by atoms with van der Waals surface area (Å²) in [5.74, 6) is 0. The van der Waals surface area contributed by atoms with Gasteiger partial charge in [0.15, 0.2) is 0 Å². The van der Waals surface area contributed by atoms with Crippen LogP contribution in [0.1, 0.15) is 129 Å². The fourth-order valence-corrected chi connectivity index (χ4v) is 4.12. The molecule has 1 rings (SSSR count). The third-order valence-electron chi connectivity index (χ3n) is 6.04. The Morgan fingerprint density at radius 2 is 1.25 bits per heavy atom. The van der Waals surface area contributed by atoms with E-state index in [2.05, 4.69) is 12.2 Å². The molecule has 0 aromatic rings. The number of hydrogen-bond donors (Lipinski definition) is 2. The van der Waals surface area contributed by atoms with Gasteiger partial charge in [0.2, 0.25) is 0 Å². The predicted molar refractivity (Wildman–Crippen MR) is 120 cm³/mol. The molecule has 28 heavy (non-hydrogen) atoms. The Morgan fingerprint density at radius 1 is 0.786 bits per heavy atom. The molecule has 166 valence electrons. The summed E-state index contributed by atoms with van der Waals surface area (Å²) in [5.41, 5.74) is 0. The normalized spacial score (nSPS) is 17.1. The van der Waals surface area contributed by atoms with E-state index in [1.165, 1.54) is 96.3 Å². The topological polar surface area (TPSA) is 52.6 Å². The lowest BCUT2D eigenvalue weighted by Crippen LogP contribution is -2.48. The summed E-state index contributed by atoms with van der Waals surface area (Å²) in [7, 11) is 0. The number of nitrogens with zero attached hydrogens (tertiary/aromatic N) is 1. The minimum absolute atomic E-state index is 0.0897. The smallest absolute Gasteiger partial charge is 0.319 e. The predicted octanol–water partition coefficient (Wildman–Crippen LogP) is 6.76. The first-order valence-corrected chi connectivity index (χ1v) is 12.5. The Hall–Kier alpha value is -0.770. The van der Waals surface area contributed by atoms with Crippen molar-refractivity contribution in [2.24, 2.45) is 0 Å². The van der Waals surface area contributed by atoms with Crippen LogP contribution in [0.4, 0.5) is 4.79 Å². The summed E-state index contributed by atoms with van der Waals surface area (Å²) < 4.78 is 0. The number of hydrogen-bond acceptors (Lipinski definition) is 2. The molecule has 0 saturated carbocycles. The van der Waals surface area contributed by atoms with E-state index < -0.39 is 6.23 Å². The van der Waals surface area contributed by atoms with E-state index in [0.717, 1.165) is 25.8 Å². The highest BCUT2D eigenvalue weighted by atomic mass is 16.3. The van der Waals surface area contributed by atoms with Crippen molar-refractivity contribution in [3.05, 3.63) is 0 Å². The van der Waals surface area contributed by atoms with Crippen LogP contribution < -0.4 is 5.32 Å². The van der Waals surface area contributed by atoms with E-state index in [9.17, 15) is 9.90 Å². The highest BCUT2D eigenvalue weighted by Crippen LogP contribution is 2.15. The number of likely N-dealkylation sites (tertiary alicyclic amines) is 1. The highest BCUT2D eigenvalue weighted by Gasteiger charge is 2.23. The standard InChI is InChI=1S/C24H48N2O2/c1-2-3-4-5-6-7-8-9-10-11-12-13-14-15-16-18-21-25-24(28)26-22-19-17-20-23(26)27/h23,27H,2-22H2,1H3,(H,25,28). The Labute approximate surface area is 174 Å². The van der Waals surface area contributed by atoms with Crippen LogP contribution >= 0.6 is 0 Å². The second-order valence-electron chi connectivity index (χ2n) is 8.71. The molecule has 1 atom stereocenters. The number of unbranched alkanes of at least 4 members (excludes halogenated alkanes) is 15. The number of rotatable bonds is 17. The summed E-state index contributed by atoms with van der Waals surface area (Å²) in [6.07, 6.45) is 24.0. The van der Waals surface area contributed by atoms with Gasteiger partial charge in [0.25, 0.3) is 0 Å². The van der Waals surface area contributed by atoms with Crippen LogP contribution in [0.2, 0.25) is 0 Å². The lowest BCUT2D eigenvalue weighted by molar-refractivity contribution is 0.00446. The van der Waals surface area contributed by atoms with Gasteiger partial charge in [0.1, 0.15) is 6.23 Å². The number of nitrogens with one attached hydrogen (secondary N) is 1. The molecule has 2 amide bonds. The van der Waals surface area contributed by atoms with Gasteiger partial charge in [-0.3, -0.25) is 4.90 Å². The number of aliphatic hydroxyl groups is 1. The lowest BCUT2D eigenvalue weighted by Gasteiger charge is -2.32. The van der Waals surface area contributed by atoms with Crippen molar-refractivity contribution in [3.63, 3.8) is 0 Å². The van der Waals surface area contributed by atoms with E-state index in [4.69, 9.17) is 0 Å². The van der Waals surface area contributed by atoms with Crippen LogP contribution in [-0.2, 0) is 0 Å². The number of carbonyl (C=O) groups is 1. The second kappa shape index (κ2) is 18.3. The van der Waals surface area contributed by atoms with Gasteiger partial charge in [-0.15, -0.1) is 0 Å². The van der Waals surface area contributed by atoms with Crippen molar-refractivity contribution in [1.82, 2.24) is 10.2 Å². The highest BCUT2D eigenvalue weighted by molar-refractivity contribution is 5.74. The molecule has 2 N–H and O–H groups in total. The third kappa shape index (κ3) is 13.4. The third-order valence-corrected chi connectivity index (χ3v) is 6.04. The van der Waals surface area contributed by atoms with Crippen molar-refractivity contribution in [2.45, 2.75) is 135 Å². The van der Waals surface area contributed by atoms with Gasteiger partial charge < -0.3 is 10.4 Å². The molecule has 1 saturated heterocycles. The maximum atomic E-state index is 12.0. The molecule has 1 aliphatic rings. The minimum Gasteiger partial charge on any atom is -0.373 e. The number of piperidine rings is 1. The zero-order valence-electron chi connectivity index (χ0n) is 18.7. The van der Waals surface area contributed by atoms with Gasteiger partial charge >= 0.3 is 6.03 Å². The van der Waals surface area contributed by atoms with Gasteiger partial charge in [0, 0.05) is 13.1 Å². The van der Waals surface area contributed by atoms with Crippen molar-refractivity contribution in [2.75, 3.05) is 13.1 Å². The molecule has 0 aromatic carbocycles. The zero-order chi connectivity index (χ0) is 20.3. The first-order valence-electron chi connectivity index (χ1n) is 12.5. The Bertz CT molecular complexity index is 363. The molecule has 4 heteroatoms. The van der Waals surface area contributed by atoms with E-state index >= 15 is 0 Å². The van der Waals surface area contributed by atoms with Crippen LogP contribution in [0.3, 0.4) is 0 Å². The fourth-order valence-electron chi connectivity index (χ4n) is 4.12. The molecule has 1 aliphatic heterocycles. The summed E-state index contributed by atoms with van der Waals surface area (Å²) in [6.45, 7) is 3.70. The molecular weight excluding hydrogens is 348 g/mol. The average Bonchev–Trinajstić information content (AvgIpc) is 2.70. The summed E-state index contributed by atoms with van der Waals surface area (Å²) in [6, 6.07) is -0.0897. The first-order chi connectivity index (χ1) is 13.8. The summed E-state index contributed by atoms with van der Waals surface area (Å²) >= 11 is 0. The maximum absolute atomic E-state index is 12.0. The second-order valence-corrected chi connectivity index (χ2v) is 8.71. The molecule has 0 bridgehead atoms. The van der Waals surface area contributed by atoms with E-state index in [1.807, 2.05) is 0 Å². The Kier molecular flexibility index (Phi) is 16.5. The molecule has 0 radical (unpaired) electrons. The van der Waals surface area contributed by atoms with Crippen LogP contribution in [0, 0.1) is 0 Å². The van der Waals surface area contributed by atoms with Crippen molar-refractivity contribution in [1.29, 1.82) is 0 Å². The molecule has 0 aliphatic carbocycles. The van der Waals surface area contributed by atoms with Gasteiger partial charge in [-0.25, -0.2) is 4.79 Å². The van der Waals surface area contributed by atoms with E-state index in [-0.39, 0.29) is 6.03 Å². The van der Waals surface area contributed by atoms with Crippen LogP contribution in [-0.4, -0.2) is 35.4 Å². The molecule has 0 aromatic heterocycles. The summed E-state index contributed by atoms with van der Waals surface area (Å²) in [5, 5.41) is 12.8. The van der Waals surface area contributed by atoms with Crippen molar-refractivity contribution in [3.8, 4) is 0 Å². The van der Waals surface area contributed by atoms with Gasteiger partial charge in [-0.2, -0.15) is 0 Å². The van der Waals surface area contributed by atoms with Crippen LogP contribution in [0.25, 0.3) is 0 Å². The van der Waals surface area contributed by atoms with Gasteiger partial charge in [-0.05, 0) is 25.7 Å². The monoisotopic (exact) mass is 396 g/mol. The number of urea groups is 1. The minimum atomic E-state index is -0.584. The molecular formula is C24H48N2O2. The van der Waals surface area contributed by atoms with Gasteiger partial charge in [0.05, 0.1) is 0 Å². The zero-order valence-corrected chi connectivity index (χ0v) is 18.7. The molecule has 4 nitrogen and oxygen atoms in total. The Balaban J connectivity index is 1.76.